The van der Waals surface area contributed by atoms with Crippen LogP contribution in [-0.4, -0.2) is 43.1 Å². The molecule has 1 aromatic carbocycles. The van der Waals surface area contributed by atoms with E-state index in [0.717, 1.165) is 5.69 Å². The van der Waals surface area contributed by atoms with E-state index in [1.54, 1.807) is 36.0 Å². The van der Waals surface area contributed by atoms with E-state index in [1.807, 2.05) is 6.92 Å². The number of hydrogen-bond donors (Lipinski definition) is 2. The predicted octanol–water partition coefficient (Wildman–Crippen LogP) is 0.793. The molecule has 0 saturated heterocycles. The number of benzene rings is 1. The van der Waals surface area contributed by atoms with Crippen molar-refractivity contribution in [2.24, 2.45) is 7.05 Å². The standard InChI is InChI=1S/C18H20N4O4S/c1-12-10-14(21-22(12)2)17(23)19-8-5-9-20-18(24)16-11-13-6-3-4-7-15(13)27(16,25)26/h3-4,6-7,10-11H,5,8-9H2,1-2H3,(H,19,23)(H,20,24). The maximum atomic E-state index is 12.4. The fourth-order valence-corrected chi connectivity index (χ4v) is 4.24. The van der Waals surface area contributed by atoms with Crippen LogP contribution in [0.1, 0.15) is 28.2 Å². The molecule has 1 aliphatic heterocycles. The summed E-state index contributed by atoms with van der Waals surface area (Å²) in [5, 5.41) is 9.38. The zero-order chi connectivity index (χ0) is 19.6. The van der Waals surface area contributed by atoms with E-state index >= 15 is 0 Å². The second-order valence-electron chi connectivity index (χ2n) is 6.21. The minimum absolute atomic E-state index is 0.146. The third-order valence-corrected chi connectivity index (χ3v) is 6.11. The van der Waals surface area contributed by atoms with E-state index in [-0.39, 0.29) is 22.3 Å². The molecule has 2 heterocycles. The Morgan fingerprint density at radius 1 is 1.11 bits per heavy atom. The van der Waals surface area contributed by atoms with E-state index in [2.05, 4.69) is 15.7 Å². The van der Waals surface area contributed by atoms with Crippen LogP contribution in [0, 0.1) is 6.92 Å². The van der Waals surface area contributed by atoms with Crippen LogP contribution in [0.5, 0.6) is 0 Å². The van der Waals surface area contributed by atoms with Crippen molar-refractivity contribution in [2.75, 3.05) is 13.1 Å². The Labute approximate surface area is 157 Å². The summed E-state index contributed by atoms with van der Waals surface area (Å²) in [6.45, 7) is 2.42. The largest absolute Gasteiger partial charge is 0.351 e. The monoisotopic (exact) mass is 388 g/mol. The first-order valence-corrected chi connectivity index (χ1v) is 9.92. The molecular weight excluding hydrogens is 368 g/mol. The van der Waals surface area contributed by atoms with Crippen molar-refractivity contribution >= 4 is 27.7 Å². The fourth-order valence-electron chi connectivity index (χ4n) is 2.71. The Balaban J connectivity index is 1.47. The van der Waals surface area contributed by atoms with Crippen molar-refractivity contribution in [3.05, 3.63) is 52.2 Å². The molecule has 0 fully saturated rings. The Morgan fingerprint density at radius 2 is 1.78 bits per heavy atom. The molecule has 0 aliphatic carbocycles. The summed E-state index contributed by atoms with van der Waals surface area (Å²) in [5.74, 6) is -0.931. The van der Waals surface area contributed by atoms with Gasteiger partial charge in [-0.15, -0.1) is 0 Å². The summed E-state index contributed by atoms with van der Waals surface area (Å²) in [6.07, 6.45) is 1.84. The third kappa shape index (κ3) is 3.77. The lowest BCUT2D eigenvalue weighted by Gasteiger charge is -2.07. The van der Waals surface area contributed by atoms with Gasteiger partial charge in [-0.3, -0.25) is 14.3 Å². The summed E-state index contributed by atoms with van der Waals surface area (Å²) in [4.78, 5) is 24.1. The highest BCUT2D eigenvalue weighted by atomic mass is 32.2. The fraction of sp³-hybridized carbons (Fsp3) is 0.278. The smallest absolute Gasteiger partial charge is 0.271 e. The molecule has 0 bridgehead atoms. The molecule has 0 radical (unpaired) electrons. The Kier molecular flexibility index (Phi) is 5.13. The van der Waals surface area contributed by atoms with Crippen LogP contribution in [0.2, 0.25) is 0 Å². The number of carbonyl (C=O) groups excluding carboxylic acids is 2. The third-order valence-electron chi connectivity index (χ3n) is 4.28. The molecule has 1 aromatic heterocycles. The quantitative estimate of drug-likeness (QED) is 0.711. The highest BCUT2D eigenvalue weighted by Crippen LogP contribution is 2.32. The van der Waals surface area contributed by atoms with Gasteiger partial charge in [-0.05, 0) is 37.1 Å². The average molecular weight is 388 g/mol. The lowest BCUT2D eigenvalue weighted by Crippen LogP contribution is -2.31. The Hall–Kier alpha value is -2.94. The summed E-state index contributed by atoms with van der Waals surface area (Å²) in [7, 11) is -2.02. The summed E-state index contributed by atoms with van der Waals surface area (Å²) < 4.78 is 26.4. The van der Waals surface area contributed by atoms with Crippen LogP contribution in [0.25, 0.3) is 6.08 Å². The first-order chi connectivity index (χ1) is 12.8. The van der Waals surface area contributed by atoms with Crippen LogP contribution < -0.4 is 10.6 Å². The summed E-state index contributed by atoms with van der Waals surface area (Å²) >= 11 is 0. The molecular formula is C18H20N4O4S. The van der Waals surface area contributed by atoms with E-state index in [9.17, 15) is 18.0 Å². The zero-order valence-corrected chi connectivity index (χ0v) is 15.8. The van der Waals surface area contributed by atoms with Crippen LogP contribution in [-0.2, 0) is 21.7 Å². The molecule has 0 unspecified atom stereocenters. The van der Waals surface area contributed by atoms with E-state index in [1.165, 1.54) is 12.1 Å². The molecule has 142 valence electrons. The van der Waals surface area contributed by atoms with Gasteiger partial charge in [0.25, 0.3) is 11.8 Å². The van der Waals surface area contributed by atoms with Crippen molar-refractivity contribution in [2.45, 2.75) is 18.2 Å². The molecule has 2 aromatic rings. The van der Waals surface area contributed by atoms with Crippen molar-refractivity contribution in [1.82, 2.24) is 20.4 Å². The topological polar surface area (TPSA) is 110 Å². The van der Waals surface area contributed by atoms with E-state index < -0.39 is 15.7 Å². The Bertz CT molecular complexity index is 1020. The van der Waals surface area contributed by atoms with Crippen molar-refractivity contribution in [3.8, 4) is 0 Å². The first kappa shape index (κ1) is 18.8. The molecule has 2 N–H and O–H groups in total. The predicted molar refractivity (Wildman–Crippen MR) is 99.5 cm³/mol. The lowest BCUT2D eigenvalue weighted by molar-refractivity contribution is -0.116. The second-order valence-corrected chi connectivity index (χ2v) is 8.10. The van der Waals surface area contributed by atoms with Gasteiger partial charge in [0.2, 0.25) is 9.84 Å². The highest BCUT2D eigenvalue weighted by molar-refractivity contribution is 7.96. The van der Waals surface area contributed by atoms with Gasteiger partial charge in [-0.2, -0.15) is 5.10 Å². The number of aryl methyl sites for hydroxylation is 2. The first-order valence-electron chi connectivity index (χ1n) is 8.43. The average Bonchev–Trinajstić information content (AvgIpc) is 3.11. The summed E-state index contributed by atoms with van der Waals surface area (Å²) in [5.41, 5.74) is 1.72. The van der Waals surface area contributed by atoms with E-state index in [0.29, 0.717) is 24.2 Å². The van der Waals surface area contributed by atoms with Crippen LogP contribution in [0.15, 0.2) is 40.1 Å². The maximum Gasteiger partial charge on any atom is 0.271 e. The highest BCUT2D eigenvalue weighted by Gasteiger charge is 2.33. The van der Waals surface area contributed by atoms with Gasteiger partial charge in [-0.1, -0.05) is 18.2 Å². The normalized spacial score (nSPS) is 14.4. The summed E-state index contributed by atoms with van der Waals surface area (Å²) in [6, 6.07) is 8.17. The molecule has 9 heteroatoms. The number of hydrogen-bond acceptors (Lipinski definition) is 5. The van der Waals surface area contributed by atoms with Crippen molar-refractivity contribution in [3.63, 3.8) is 0 Å². The molecule has 27 heavy (non-hydrogen) atoms. The number of fused-ring (bicyclic) bond motifs is 1. The van der Waals surface area contributed by atoms with E-state index in [4.69, 9.17) is 0 Å². The van der Waals surface area contributed by atoms with Crippen LogP contribution >= 0.6 is 0 Å². The number of nitrogens with zero attached hydrogens (tertiary/aromatic N) is 2. The van der Waals surface area contributed by atoms with Gasteiger partial charge >= 0.3 is 0 Å². The molecule has 8 nitrogen and oxygen atoms in total. The van der Waals surface area contributed by atoms with Gasteiger partial charge in [0, 0.05) is 25.8 Å². The van der Waals surface area contributed by atoms with Gasteiger partial charge in [0.1, 0.15) is 10.6 Å². The molecule has 2 amide bonds. The minimum Gasteiger partial charge on any atom is -0.351 e. The number of carbonyl (C=O) groups is 2. The molecule has 3 rings (SSSR count). The van der Waals surface area contributed by atoms with Crippen LogP contribution in [0.4, 0.5) is 0 Å². The van der Waals surface area contributed by atoms with Crippen LogP contribution in [0.3, 0.4) is 0 Å². The van der Waals surface area contributed by atoms with Gasteiger partial charge in [-0.25, -0.2) is 8.42 Å². The molecule has 0 spiro atoms. The number of rotatable bonds is 6. The van der Waals surface area contributed by atoms with Gasteiger partial charge < -0.3 is 10.6 Å². The number of aromatic nitrogens is 2. The lowest BCUT2D eigenvalue weighted by atomic mass is 10.2. The zero-order valence-electron chi connectivity index (χ0n) is 15.0. The minimum atomic E-state index is -3.77. The number of nitrogens with one attached hydrogen (secondary N) is 2. The maximum absolute atomic E-state index is 12.4. The van der Waals surface area contributed by atoms with Gasteiger partial charge in [0.15, 0.2) is 0 Å². The molecule has 0 atom stereocenters. The number of amides is 2. The second kappa shape index (κ2) is 7.36. The van der Waals surface area contributed by atoms with Gasteiger partial charge in [0.05, 0.1) is 4.90 Å². The van der Waals surface area contributed by atoms with Crippen molar-refractivity contribution in [1.29, 1.82) is 0 Å². The SMILES string of the molecule is Cc1cc(C(=O)NCCCNC(=O)C2=Cc3ccccc3S2(=O)=O)nn1C. The number of sulfone groups is 1. The molecule has 0 saturated carbocycles. The Morgan fingerprint density at radius 3 is 2.41 bits per heavy atom. The molecule has 1 aliphatic rings. The van der Waals surface area contributed by atoms with Crippen molar-refractivity contribution < 1.29 is 18.0 Å².